The number of ether oxygens (including phenoxy) is 1. The molecule has 5 heteroatoms. The first-order valence-corrected chi connectivity index (χ1v) is 7.45. The Morgan fingerprint density at radius 1 is 1.24 bits per heavy atom. The SMILES string of the molecule is CCC(N)Cc1c(F)cccc1Oc1cc(F)cc(Br)c1. The molecule has 0 saturated carbocycles. The molecule has 0 radical (unpaired) electrons. The minimum Gasteiger partial charge on any atom is -0.457 e. The zero-order valence-electron chi connectivity index (χ0n) is 11.6. The monoisotopic (exact) mass is 355 g/mol. The number of hydrogen-bond donors (Lipinski definition) is 1. The van der Waals surface area contributed by atoms with Gasteiger partial charge in [-0.15, -0.1) is 0 Å². The summed E-state index contributed by atoms with van der Waals surface area (Å²) in [5, 5.41) is 0. The molecule has 0 aliphatic carbocycles. The fourth-order valence-corrected chi connectivity index (χ4v) is 2.40. The third kappa shape index (κ3) is 4.25. The van der Waals surface area contributed by atoms with E-state index in [1.807, 2.05) is 6.92 Å². The molecule has 0 bridgehead atoms. The lowest BCUT2D eigenvalue weighted by Crippen LogP contribution is -2.22. The molecular formula is C16H16BrF2NO. The van der Waals surface area contributed by atoms with E-state index >= 15 is 0 Å². The van der Waals surface area contributed by atoms with E-state index in [9.17, 15) is 8.78 Å². The van der Waals surface area contributed by atoms with Crippen LogP contribution < -0.4 is 10.5 Å². The number of benzene rings is 2. The van der Waals surface area contributed by atoms with Gasteiger partial charge in [-0.05, 0) is 37.1 Å². The first kappa shape index (κ1) is 15.9. The molecule has 1 unspecified atom stereocenters. The molecule has 0 aliphatic heterocycles. The van der Waals surface area contributed by atoms with Gasteiger partial charge in [0.1, 0.15) is 23.1 Å². The molecule has 21 heavy (non-hydrogen) atoms. The third-order valence-corrected chi connectivity index (χ3v) is 3.59. The fourth-order valence-electron chi connectivity index (χ4n) is 1.95. The molecule has 2 rings (SSSR count). The van der Waals surface area contributed by atoms with Crippen LogP contribution in [-0.4, -0.2) is 6.04 Å². The first-order chi connectivity index (χ1) is 9.99. The Morgan fingerprint density at radius 2 is 2.00 bits per heavy atom. The molecule has 2 aromatic carbocycles. The average Bonchev–Trinajstić information content (AvgIpc) is 2.41. The van der Waals surface area contributed by atoms with E-state index in [0.717, 1.165) is 6.42 Å². The zero-order chi connectivity index (χ0) is 15.4. The number of halogens is 3. The van der Waals surface area contributed by atoms with Crippen LogP contribution in [0.2, 0.25) is 0 Å². The van der Waals surface area contributed by atoms with Crippen molar-refractivity contribution in [3.05, 3.63) is 58.1 Å². The first-order valence-electron chi connectivity index (χ1n) is 6.66. The summed E-state index contributed by atoms with van der Waals surface area (Å²) in [4.78, 5) is 0. The van der Waals surface area contributed by atoms with E-state index in [-0.39, 0.29) is 11.9 Å². The lowest BCUT2D eigenvalue weighted by atomic mass is 10.0. The highest BCUT2D eigenvalue weighted by atomic mass is 79.9. The average molecular weight is 356 g/mol. The highest BCUT2D eigenvalue weighted by molar-refractivity contribution is 9.10. The lowest BCUT2D eigenvalue weighted by Gasteiger charge is -2.15. The van der Waals surface area contributed by atoms with E-state index in [1.54, 1.807) is 18.2 Å². The highest BCUT2D eigenvalue weighted by Crippen LogP contribution is 2.30. The quantitative estimate of drug-likeness (QED) is 0.835. The minimum atomic E-state index is -0.428. The van der Waals surface area contributed by atoms with Crippen LogP contribution in [-0.2, 0) is 6.42 Å². The van der Waals surface area contributed by atoms with Gasteiger partial charge >= 0.3 is 0 Å². The van der Waals surface area contributed by atoms with Crippen molar-refractivity contribution in [3.8, 4) is 11.5 Å². The summed E-state index contributed by atoms with van der Waals surface area (Å²) >= 11 is 3.20. The molecule has 2 N–H and O–H groups in total. The predicted octanol–water partition coefficient (Wildman–Crippen LogP) is 4.80. The van der Waals surface area contributed by atoms with Gasteiger partial charge in [-0.1, -0.05) is 28.9 Å². The number of rotatable bonds is 5. The third-order valence-electron chi connectivity index (χ3n) is 3.13. The summed E-state index contributed by atoms with van der Waals surface area (Å²) in [5.41, 5.74) is 6.30. The summed E-state index contributed by atoms with van der Waals surface area (Å²) < 4.78 is 33.5. The molecule has 2 nitrogen and oxygen atoms in total. The number of hydrogen-bond acceptors (Lipinski definition) is 2. The molecule has 0 heterocycles. The van der Waals surface area contributed by atoms with E-state index in [4.69, 9.17) is 10.5 Å². The zero-order valence-corrected chi connectivity index (χ0v) is 13.2. The van der Waals surface area contributed by atoms with Crippen molar-refractivity contribution in [2.75, 3.05) is 0 Å². The Morgan fingerprint density at radius 3 is 2.67 bits per heavy atom. The maximum absolute atomic E-state index is 14.0. The van der Waals surface area contributed by atoms with Crippen LogP contribution in [0.4, 0.5) is 8.78 Å². The minimum absolute atomic E-state index is 0.150. The van der Waals surface area contributed by atoms with Gasteiger partial charge in [0.2, 0.25) is 0 Å². The van der Waals surface area contributed by atoms with Crippen LogP contribution in [0.25, 0.3) is 0 Å². The van der Waals surface area contributed by atoms with Crippen LogP contribution in [0.1, 0.15) is 18.9 Å². The van der Waals surface area contributed by atoms with E-state index in [2.05, 4.69) is 15.9 Å². The summed E-state index contributed by atoms with van der Waals surface area (Å²) in [7, 11) is 0. The van der Waals surface area contributed by atoms with E-state index in [0.29, 0.717) is 28.0 Å². The van der Waals surface area contributed by atoms with Gasteiger partial charge in [0.05, 0.1) is 0 Å². The second-order valence-corrected chi connectivity index (χ2v) is 5.71. The summed E-state index contributed by atoms with van der Waals surface area (Å²) in [6.45, 7) is 1.94. The molecular weight excluding hydrogens is 340 g/mol. The molecule has 1 atom stereocenters. The standard InChI is InChI=1S/C16H16BrF2NO/c1-2-12(20)9-14-15(19)4-3-5-16(14)21-13-7-10(17)6-11(18)8-13/h3-8,12H,2,9,20H2,1H3. The van der Waals surface area contributed by atoms with Crippen LogP contribution in [0, 0.1) is 11.6 Å². The van der Waals surface area contributed by atoms with Crippen molar-refractivity contribution in [2.24, 2.45) is 5.73 Å². The number of nitrogens with two attached hydrogens (primary N) is 1. The second-order valence-electron chi connectivity index (χ2n) is 4.80. The van der Waals surface area contributed by atoms with Crippen LogP contribution in [0.15, 0.2) is 40.9 Å². The van der Waals surface area contributed by atoms with Gasteiger partial charge in [0.15, 0.2) is 0 Å². The Kier molecular flexibility index (Phi) is 5.31. The van der Waals surface area contributed by atoms with Crippen molar-refractivity contribution < 1.29 is 13.5 Å². The Bertz CT molecular complexity index is 613. The van der Waals surface area contributed by atoms with Crippen LogP contribution in [0.5, 0.6) is 11.5 Å². The smallest absolute Gasteiger partial charge is 0.133 e. The highest BCUT2D eigenvalue weighted by Gasteiger charge is 2.14. The van der Waals surface area contributed by atoms with Gasteiger partial charge in [-0.2, -0.15) is 0 Å². The van der Waals surface area contributed by atoms with Gasteiger partial charge in [-0.3, -0.25) is 0 Å². The van der Waals surface area contributed by atoms with Gasteiger partial charge in [0, 0.05) is 22.1 Å². The molecule has 0 spiro atoms. The molecule has 0 aromatic heterocycles. The molecule has 112 valence electrons. The molecule has 0 saturated heterocycles. The maximum atomic E-state index is 14.0. The van der Waals surface area contributed by atoms with Crippen molar-refractivity contribution >= 4 is 15.9 Å². The Labute approximate surface area is 131 Å². The predicted molar refractivity (Wildman–Crippen MR) is 82.5 cm³/mol. The largest absolute Gasteiger partial charge is 0.457 e. The summed E-state index contributed by atoms with van der Waals surface area (Å²) in [5.74, 6) is -0.135. The van der Waals surface area contributed by atoms with Crippen molar-refractivity contribution in [1.29, 1.82) is 0 Å². The van der Waals surface area contributed by atoms with Crippen molar-refractivity contribution in [1.82, 2.24) is 0 Å². The molecule has 0 aliphatic rings. The Balaban J connectivity index is 2.32. The van der Waals surface area contributed by atoms with Gasteiger partial charge < -0.3 is 10.5 Å². The lowest BCUT2D eigenvalue weighted by molar-refractivity contribution is 0.456. The molecule has 2 aromatic rings. The fraction of sp³-hybridized carbons (Fsp3) is 0.250. The van der Waals surface area contributed by atoms with Gasteiger partial charge in [0.25, 0.3) is 0 Å². The molecule has 0 amide bonds. The van der Waals surface area contributed by atoms with E-state index < -0.39 is 5.82 Å². The van der Waals surface area contributed by atoms with E-state index in [1.165, 1.54) is 18.2 Å². The normalized spacial score (nSPS) is 12.2. The van der Waals surface area contributed by atoms with Crippen LogP contribution >= 0.6 is 15.9 Å². The van der Waals surface area contributed by atoms with Crippen LogP contribution in [0.3, 0.4) is 0 Å². The summed E-state index contributed by atoms with van der Waals surface area (Å²) in [6.07, 6.45) is 1.11. The second kappa shape index (κ2) is 7.00. The van der Waals surface area contributed by atoms with Crippen molar-refractivity contribution in [3.63, 3.8) is 0 Å². The topological polar surface area (TPSA) is 35.2 Å². The van der Waals surface area contributed by atoms with Gasteiger partial charge in [-0.25, -0.2) is 8.78 Å². The van der Waals surface area contributed by atoms with Crippen molar-refractivity contribution in [2.45, 2.75) is 25.8 Å². The Hall–Kier alpha value is -1.46. The molecule has 0 fully saturated rings. The maximum Gasteiger partial charge on any atom is 0.133 e. The summed E-state index contributed by atoms with van der Waals surface area (Å²) in [6, 6.07) is 8.62.